The van der Waals surface area contributed by atoms with Crippen molar-refractivity contribution < 1.29 is 45.8 Å². The quantitative estimate of drug-likeness (QED) is 0.395. The van der Waals surface area contributed by atoms with Gasteiger partial charge in [0.25, 0.3) is 12.2 Å². The molecule has 1 aliphatic rings. The number of nitrogens with zero attached hydrogens (tertiary/aromatic N) is 2. The molecular weight excluding hydrogens is 390 g/mol. The van der Waals surface area contributed by atoms with Crippen molar-refractivity contribution in [2.24, 2.45) is 8.80 Å². The lowest BCUT2D eigenvalue weighted by atomic mass is 10.3. The molecule has 0 bridgehead atoms. The first kappa shape index (κ1) is 20.5. The second-order valence-corrected chi connectivity index (χ2v) is 6.00. The van der Waals surface area contributed by atoms with Gasteiger partial charge in [-0.25, -0.2) is 14.4 Å². The van der Waals surface area contributed by atoms with Crippen LogP contribution in [-0.4, -0.2) is 46.1 Å². The minimum Gasteiger partial charge on any atom is -0.434 e. The second kappa shape index (κ2) is 9.71. The molecule has 25 heavy (non-hydrogen) atoms. The molecule has 10 nitrogen and oxygen atoms in total. The number of carbonyl (C=O) groups is 1. The standard InChI is InChI=1S/C9H8F2O4S.C2N2O4S/c10-9(11)14-5-3-6(16-4-5)8(12)15-7-1-2-13-7;5-1-3-9(7,8)4-2-6/h3-4,7,9H,1-2H2;. The molecule has 1 saturated heterocycles. The zero-order valence-corrected chi connectivity index (χ0v) is 13.6. The molecule has 14 heteroatoms. The van der Waals surface area contributed by atoms with E-state index in [0.29, 0.717) is 25.2 Å². The van der Waals surface area contributed by atoms with Crippen molar-refractivity contribution in [3.8, 4) is 5.75 Å². The third-order valence-electron chi connectivity index (χ3n) is 2.20. The highest BCUT2D eigenvalue weighted by atomic mass is 32.2. The van der Waals surface area contributed by atoms with Gasteiger partial charge in [0.2, 0.25) is 6.29 Å². The first-order chi connectivity index (χ1) is 11.8. The van der Waals surface area contributed by atoms with Crippen LogP contribution in [0.4, 0.5) is 8.78 Å². The van der Waals surface area contributed by atoms with Gasteiger partial charge in [-0.3, -0.25) is 0 Å². The zero-order chi connectivity index (χ0) is 18.9. The van der Waals surface area contributed by atoms with Crippen LogP contribution in [0.25, 0.3) is 0 Å². The predicted octanol–water partition coefficient (Wildman–Crippen LogP) is 1.16. The minimum atomic E-state index is -4.28. The molecule has 1 aliphatic heterocycles. The Balaban J connectivity index is 0.000000299. The van der Waals surface area contributed by atoms with E-state index in [1.54, 1.807) is 0 Å². The van der Waals surface area contributed by atoms with E-state index in [0.717, 1.165) is 11.3 Å². The van der Waals surface area contributed by atoms with E-state index in [4.69, 9.17) is 9.47 Å². The SMILES string of the molecule is O=C(OC1CCO1)c1cc(OC(F)F)cs1.O=C=NS(=O)(=O)N=C=O. The lowest BCUT2D eigenvalue weighted by Gasteiger charge is -2.25. The Morgan fingerprint density at radius 3 is 2.40 bits per heavy atom. The van der Waals surface area contributed by atoms with Gasteiger partial charge in [0, 0.05) is 17.9 Å². The van der Waals surface area contributed by atoms with E-state index in [1.165, 1.54) is 11.4 Å². The van der Waals surface area contributed by atoms with Crippen LogP contribution in [0.15, 0.2) is 20.2 Å². The van der Waals surface area contributed by atoms with Gasteiger partial charge in [-0.2, -0.15) is 17.2 Å². The smallest absolute Gasteiger partial charge is 0.387 e. The van der Waals surface area contributed by atoms with Gasteiger partial charge in [0.15, 0.2) is 0 Å². The maximum absolute atomic E-state index is 11.9. The molecule has 136 valence electrons. The summed E-state index contributed by atoms with van der Waals surface area (Å²) >= 11 is 0.988. The number of hydrogen-bond donors (Lipinski definition) is 0. The van der Waals surface area contributed by atoms with E-state index < -0.39 is 29.1 Å². The molecule has 2 heterocycles. The summed E-state index contributed by atoms with van der Waals surface area (Å²) < 4.78 is 61.9. The van der Waals surface area contributed by atoms with Crippen molar-refractivity contribution >= 4 is 39.7 Å². The molecule has 0 aliphatic carbocycles. The fraction of sp³-hybridized carbons (Fsp3) is 0.364. The maximum atomic E-state index is 11.9. The third-order valence-corrected chi connectivity index (χ3v) is 3.70. The molecule has 1 aromatic heterocycles. The predicted molar refractivity (Wildman–Crippen MR) is 75.9 cm³/mol. The molecule has 2 rings (SSSR count). The summed E-state index contributed by atoms with van der Waals surface area (Å²) in [7, 11) is -4.28. The highest BCUT2D eigenvalue weighted by molar-refractivity contribution is 7.89. The fourth-order valence-corrected chi connectivity index (χ4v) is 2.11. The monoisotopic (exact) mass is 398 g/mol. The number of thiophene rings is 1. The van der Waals surface area contributed by atoms with Crippen molar-refractivity contribution in [3.05, 3.63) is 16.3 Å². The second-order valence-electron chi connectivity index (χ2n) is 3.83. The summed E-state index contributed by atoms with van der Waals surface area (Å²) in [6.07, 6.45) is 1.57. The van der Waals surface area contributed by atoms with Crippen LogP contribution in [0.1, 0.15) is 16.1 Å². The van der Waals surface area contributed by atoms with Crippen LogP contribution in [0.5, 0.6) is 5.75 Å². The molecular formula is C11H8F2N2O8S2. The van der Waals surface area contributed by atoms with E-state index in [1.807, 2.05) is 0 Å². The number of rotatable bonds is 6. The van der Waals surface area contributed by atoms with Gasteiger partial charge in [0.1, 0.15) is 10.6 Å². The summed E-state index contributed by atoms with van der Waals surface area (Å²) in [5.74, 6) is -0.625. The molecule has 0 spiro atoms. The van der Waals surface area contributed by atoms with E-state index in [-0.39, 0.29) is 10.6 Å². The topological polar surface area (TPSA) is 138 Å². The summed E-state index contributed by atoms with van der Waals surface area (Å²) in [5, 5.41) is 1.32. The number of halogens is 2. The third kappa shape index (κ3) is 7.74. The highest BCUT2D eigenvalue weighted by Crippen LogP contribution is 2.25. The first-order valence-corrected chi connectivity index (χ1v) is 8.34. The molecule has 0 radical (unpaired) electrons. The van der Waals surface area contributed by atoms with Gasteiger partial charge in [-0.1, -0.05) is 8.80 Å². The van der Waals surface area contributed by atoms with Crippen LogP contribution >= 0.6 is 11.3 Å². The molecule has 1 fully saturated rings. The van der Waals surface area contributed by atoms with Crippen LogP contribution in [0.3, 0.4) is 0 Å². The number of hydrogen-bond acceptors (Lipinski definition) is 9. The Labute approximate surface area is 142 Å². The molecule has 1 unspecified atom stereocenters. The van der Waals surface area contributed by atoms with Gasteiger partial charge >= 0.3 is 22.8 Å². The van der Waals surface area contributed by atoms with Crippen LogP contribution in [0.2, 0.25) is 0 Å². The Hall–Kier alpha value is -2.50. The minimum absolute atomic E-state index is 0.0403. The molecule has 0 amide bonds. The van der Waals surface area contributed by atoms with Crippen molar-refractivity contribution in [2.75, 3.05) is 6.61 Å². The van der Waals surface area contributed by atoms with Gasteiger partial charge in [-0.05, 0) is 0 Å². The summed E-state index contributed by atoms with van der Waals surface area (Å²) in [6, 6.07) is 1.22. The highest BCUT2D eigenvalue weighted by Gasteiger charge is 2.24. The van der Waals surface area contributed by atoms with Gasteiger partial charge in [0.05, 0.1) is 6.61 Å². The normalized spacial score (nSPS) is 15.6. The van der Waals surface area contributed by atoms with Crippen LogP contribution < -0.4 is 4.74 Å². The van der Waals surface area contributed by atoms with Crippen molar-refractivity contribution in [3.63, 3.8) is 0 Å². The summed E-state index contributed by atoms with van der Waals surface area (Å²) in [5.41, 5.74) is 0. The molecule has 0 aromatic carbocycles. The van der Waals surface area contributed by atoms with Gasteiger partial charge in [-0.15, -0.1) is 11.3 Å². The lowest BCUT2D eigenvalue weighted by Crippen LogP contribution is -2.31. The molecule has 0 N–H and O–H groups in total. The van der Waals surface area contributed by atoms with Crippen molar-refractivity contribution in [2.45, 2.75) is 19.3 Å². The fourth-order valence-electron chi connectivity index (χ4n) is 1.19. The Kier molecular flexibility index (Phi) is 7.98. The summed E-state index contributed by atoms with van der Waals surface area (Å²) in [6.45, 7) is -2.32. The molecule has 1 aromatic rings. The average Bonchev–Trinajstić information content (AvgIpc) is 2.91. The Morgan fingerprint density at radius 2 is 1.96 bits per heavy atom. The number of carbonyl (C=O) groups excluding carboxylic acids is 3. The number of esters is 1. The Bertz CT molecular complexity index is 769. The van der Waals surface area contributed by atoms with E-state index in [2.05, 4.69) is 13.5 Å². The Morgan fingerprint density at radius 1 is 1.36 bits per heavy atom. The number of ether oxygens (including phenoxy) is 3. The average molecular weight is 398 g/mol. The van der Waals surface area contributed by atoms with E-state index in [9.17, 15) is 31.6 Å². The van der Waals surface area contributed by atoms with Gasteiger partial charge < -0.3 is 14.2 Å². The number of isocyanates is 2. The summed E-state index contributed by atoms with van der Waals surface area (Å²) in [4.78, 5) is 30.1. The first-order valence-electron chi connectivity index (χ1n) is 6.06. The number of alkyl halides is 2. The lowest BCUT2D eigenvalue weighted by molar-refractivity contribution is -0.184. The van der Waals surface area contributed by atoms with Crippen molar-refractivity contribution in [1.29, 1.82) is 0 Å². The van der Waals surface area contributed by atoms with Crippen molar-refractivity contribution in [1.82, 2.24) is 0 Å². The molecule has 0 saturated carbocycles. The van der Waals surface area contributed by atoms with Crippen LogP contribution in [-0.2, 0) is 29.3 Å². The molecule has 1 atom stereocenters. The van der Waals surface area contributed by atoms with E-state index >= 15 is 0 Å². The zero-order valence-electron chi connectivity index (χ0n) is 12.0. The maximum Gasteiger partial charge on any atom is 0.387 e. The largest absolute Gasteiger partial charge is 0.434 e. The van der Waals surface area contributed by atoms with Crippen LogP contribution in [0, 0.1) is 0 Å².